The quantitative estimate of drug-likeness (QED) is 0.657. The average Bonchev–Trinajstić information content (AvgIpc) is 3.29. The van der Waals surface area contributed by atoms with Crippen molar-refractivity contribution in [1.29, 1.82) is 0 Å². The number of amides is 1. The van der Waals surface area contributed by atoms with Gasteiger partial charge in [-0.05, 0) is 67.6 Å². The molecule has 31 heavy (non-hydrogen) atoms. The highest BCUT2D eigenvalue weighted by atomic mass is 16.5. The molecule has 0 radical (unpaired) electrons. The number of H-pyrrole nitrogens is 1. The second-order valence-corrected chi connectivity index (χ2v) is 8.21. The fourth-order valence-corrected chi connectivity index (χ4v) is 4.18. The summed E-state index contributed by atoms with van der Waals surface area (Å²) in [7, 11) is 1.62. The van der Waals surface area contributed by atoms with E-state index in [-0.39, 0.29) is 18.0 Å². The Bertz CT molecular complexity index is 1140. The van der Waals surface area contributed by atoms with Gasteiger partial charge in [0.25, 0.3) is 11.5 Å². The van der Waals surface area contributed by atoms with Crippen LogP contribution in [0.25, 0.3) is 10.9 Å². The second-order valence-electron chi connectivity index (χ2n) is 8.21. The summed E-state index contributed by atoms with van der Waals surface area (Å²) in [5.74, 6) is 0.686. The zero-order chi connectivity index (χ0) is 22.0. The van der Waals surface area contributed by atoms with Crippen LogP contribution in [-0.4, -0.2) is 35.6 Å². The predicted octanol–water partition coefficient (Wildman–Crippen LogP) is 3.86. The molecule has 3 aromatic rings. The lowest BCUT2D eigenvalue weighted by Gasteiger charge is -2.25. The topological polar surface area (TPSA) is 71.6 Å². The molecular formula is C25H28N2O4. The lowest BCUT2D eigenvalue weighted by Crippen LogP contribution is -2.39. The summed E-state index contributed by atoms with van der Waals surface area (Å²) >= 11 is 0. The first kappa shape index (κ1) is 21.1. The molecule has 0 bridgehead atoms. The van der Waals surface area contributed by atoms with Gasteiger partial charge in [-0.1, -0.05) is 18.2 Å². The number of rotatable bonds is 6. The number of aryl methyl sites for hydroxylation is 2. The van der Waals surface area contributed by atoms with Crippen LogP contribution in [0.4, 0.5) is 0 Å². The first-order chi connectivity index (χ1) is 14.9. The number of methoxy groups -OCH3 is 1. The van der Waals surface area contributed by atoms with Crippen LogP contribution in [-0.2, 0) is 22.6 Å². The molecule has 0 aliphatic carbocycles. The molecular weight excluding hydrogens is 392 g/mol. The van der Waals surface area contributed by atoms with Gasteiger partial charge in [-0.15, -0.1) is 0 Å². The molecule has 4 rings (SSSR count). The predicted molar refractivity (Wildman–Crippen MR) is 120 cm³/mol. The molecule has 1 fully saturated rings. The van der Waals surface area contributed by atoms with Crippen LogP contribution in [0, 0.1) is 13.8 Å². The number of aromatic nitrogens is 1. The van der Waals surface area contributed by atoms with Gasteiger partial charge in [0.1, 0.15) is 11.9 Å². The standard InChI is InChI=1S/C25H28N2O4/c1-16-11-17(2)21-13-19(24(28)26-22(21)12-16)15-27(25(29)23-5-4-10-31-23)14-18-6-8-20(30-3)9-7-18/h6-9,11-13,23H,4-5,10,14-15H2,1-3H3,(H,26,28)/t23-/m0/s1. The summed E-state index contributed by atoms with van der Waals surface area (Å²) in [5, 5.41) is 0.995. The van der Waals surface area contributed by atoms with E-state index in [0.717, 1.165) is 39.8 Å². The lowest BCUT2D eigenvalue weighted by atomic mass is 10.0. The molecule has 1 amide bonds. The fourth-order valence-electron chi connectivity index (χ4n) is 4.18. The number of ether oxygens (including phenoxy) is 2. The molecule has 1 atom stereocenters. The average molecular weight is 421 g/mol. The number of benzene rings is 2. The van der Waals surface area contributed by atoms with Gasteiger partial charge in [-0.25, -0.2) is 0 Å². The Hall–Kier alpha value is -3.12. The number of carbonyl (C=O) groups excluding carboxylic acids is 1. The van der Waals surface area contributed by atoms with Crippen LogP contribution in [0.5, 0.6) is 5.75 Å². The van der Waals surface area contributed by atoms with Crippen molar-refractivity contribution in [2.45, 2.75) is 45.9 Å². The Morgan fingerprint density at radius 3 is 2.61 bits per heavy atom. The van der Waals surface area contributed by atoms with Crippen LogP contribution in [0.1, 0.15) is 35.1 Å². The van der Waals surface area contributed by atoms with E-state index in [2.05, 4.69) is 11.1 Å². The van der Waals surface area contributed by atoms with Crippen molar-refractivity contribution in [3.8, 4) is 5.75 Å². The first-order valence-corrected chi connectivity index (χ1v) is 10.6. The number of nitrogens with one attached hydrogen (secondary N) is 1. The van der Waals surface area contributed by atoms with Crippen molar-refractivity contribution in [3.05, 3.63) is 75.1 Å². The van der Waals surface area contributed by atoms with Crippen molar-refractivity contribution in [2.24, 2.45) is 0 Å². The maximum absolute atomic E-state index is 13.2. The van der Waals surface area contributed by atoms with Crippen molar-refractivity contribution in [3.63, 3.8) is 0 Å². The van der Waals surface area contributed by atoms with Gasteiger partial charge < -0.3 is 19.4 Å². The Kier molecular flexibility index (Phi) is 6.09. The molecule has 162 valence electrons. The molecule has 1 aliphatic rings. The van der Waals surface area contributed by atoms with E-state index in [0.29, 0.717) is 25.1 Å². The fraction of sp³-hybridized carbons (Fsp3) is 0.360. The van der Waals surface area contributed by atoms with E-state index in [9.17, 15) is 9.59 Å². The molecule has 0 spiro atoms. The highest BCUT2D eigenvalue weighted by molar-refractivity contribution is 5.84. The minimum absolute atomic E-state index is 0.0755. The van der Waals surface area contributed by atoms with Gasteiger partial charge in [0.05, 0.1) is 13.7 Å². The molecule has 1 N–H and O–H groups in total. The molecule has 6 nitrogen and oxygen atoms in total. The van der Waals surface area contributed by atoms with E-state index in [1.165, 1.54) is 0 Å². The normalized spacial score (nSPS) is 15.9. The third kappa shape index (κ3) is 4.64. The first-order valence-electron chi connectivity index (χ1n) is 10.6. The molecule has 1 aromatic heterocycles. The number of nitrogens with zero attached hydrogens (tertiary/aromatic N) is 1. The number of aromatic amines is 1. The van der Waals surface area contributed by atoms with Crippen LogP contribution in [0.3, 0.4) is 0 Å². The zero-order valence-electron chi connectivity index (χ0n) is 18.2. The van der Waals surface area contributed by atoms with Crippen LogP contribution in [0.15, 0.2) is 47.3 Å². The molecule has 0 unspecified atom stereocenters. The Morgan fingerprint density at radius 2 is 1.94 bits per heavy atom. The van der Waals surface area contributed by atoms with Crippen molar-refractivity contribution < 1.29 is 14.3 Å². The third-order valence-electron chi connectivity index (χ3n) is 5.80. The van der Waals surface area contributed by atoms with Crippen molar-refractivity contribution in [2.75, 3.05) is 13.7 Å². The second kappa shape index (κ2) is 8.94. The SMILES string of the molecule is COc1ccc(CN(Cc2cc3c(C)cc(C)cc3[nH]c2=O)C(=O)[C@@H]2CCCO2)cc1. The third-order valence-corrected chi connectivity index (χ3v) is 5.80. The van der Waals surface area contributed by atoms with Gasteiger partial charge in [0, 0.05) is 29.6 Å². The van der Waals surface area contributed by atoms with Crippen LogP contribution >= 0.6 is 0 Å². The lowest BCUT2D eigenvalue weighted by molar-refractivity contribution is -0.142. The van der Waals surface area contributed by atoms with Gasteiger partial charge in [-0.2, -0.15) is 0 Å². The minimum Gasteiger partial charge on any atom is -0.497 e. The summed E-state index contributed by atoms with van der Waals surface area (Å²) in [6.07, 6.45) is 1.15. The Balaban J connectivity index is 1.66. The Morgan fingerprint density at radius 1 is 1.16 bits per heavy atom. The Labute approximate surface area is 181 Å². The van der Waals surface area contributed by atoms with Crippen molar-refractivity contribution >= 4 is 16.8 Å². The summed E-state index contributed by atoms with van der Waals surface area (Å²) in [6.45, 7) is 5.26. The van der Waals surface area contributed by atoms with Crippen LogP contribution in [0.2, 0.25) is 0 Å². The van der Waals surface area contributed by atoms with Gasteiger partial charge in [-0.3, -0.25) is 9.59 Å². The number of pyridine rings is 1. The highest BCUT2D eigenvalue weighted by Gasteiger charge is 2.29. The van der Waals surface area contributed by atoms with E-state index in [4.69, 9.17) is 9.47 Å². The largest absolute Gasteiger partial charge is 0.497 e. The summed E-state index contributed by atoms with van der Waals surface area (Å²) in [5.41, 5.74) is 4.38. The van der Waals surface area contributed by atoms with Gasteiger partial charge >= 0.3 is 0 Å². The minimum atomic E-state index is -0.442. The molecule has 0 saturated carbocycles. The molecule has 1 saturated heterocycles. The number of carbonyl (C=O) groups is 1. The van der Waals surface area contributed by atoms with E-state index < -0.39 is 6.10 Å². The number of fused-ring (bicyclic) bond motifs is 1. The molecule has 6 heteroatoms. The summed E-state index contributed by atoms with van der Waals surface area (Å²) < 4.78 is 10.9. The molecule has 1 aliphatic heterocycles. The van der Waals surface area contributed by atoms with Gasteiger partial charge in [0.15, 0.2) is 0 Å². The van der Waals surface area contributed by atoms with E-state index in [1.807, 2.05) is 50.2 Å². The molecule has 2 aromatic carbocycles. The van der Waals surface area contributed by atoms with E-state index in [1.54, 1.807) is 12.0 Å². The summed E-state index contributed by atoms with van der Waals surface area (Å²) in [4.78, 5) is 30.8. The summed E-state index contributed by atoms with van der Waals surface area (Å²) in [6, 6.07) is 13.6. The van der Waals surface area contributed by atoms with Gasteiger partial charge in [0.2, 0.25) is 0 Å². The highest BCUT2D eigenvalue weighted by Crippen LogP contribution is 2.22. The monoisotopic (exact) mass is 420 g/mol. The maximum atomic E-state index is 13.2. The number of hydrogen-bond acceptors (Lipinski definition) is 4. The van der Waals surface area contributed by atoms with Crippen molar-refractivity contribution in [1.82, 2.24) is 9.88 Å². The van der Waals surface area contributed by atoms with E-state index >= 15 is 0 Å². The smallest absolute Gasteiger partial charge is 0.253 e. The maximum Gasteiger partial charge on any atom is 0.253 e. The molecule has 2 heterocycles. The number of hydrogen-bond donors (Lipinski definition) is 1. The van der Waals surface area contributed by atoms with Crippen LogP contribution < -0.4 is 10.3 Å². The zero-order valence-corrected chi connectivity index (χ0v) is 18.2.